The van der Waals surface area contributed by atoms with Crippen molar-refractivity contribution in [1.82, 2.24) is 0 Å². The third-order valence-electron chi connectivity index (χ3n) is 3.83. The molecule has 1 aliphatic heterocycles. The van der Waals surface area contributed by atoms with Crippen molar-refractivity contribution in [3.8, 4) is 11.5 Å². The van der Waals surface area contributed by atoms with E-state index in [1.807, 2.05) is 20.8 Å². The molecule has 1 fully saturated rings. The van der Waals surface area contributed by atoms with E-state index in [2.05, 4.69) is 0 Å². The van der Waals surface area contributed by atoms with Crippen molar-refractivity contribution in [2.24, 2.45) is 5.41 Å². The summed E-state index contributed by atoms with van der Waals surface area (Å²) in [6.45, 7) is 5.42. The van der Waals surface area contributed by atoms with E-state index in [0.29, 0.717) is 5.75 Å². The molecule has 0 aromatic heterocycles. The molecule has 4 N–H and O–H groups in total. The van der Waals surface area contributed by atoms with Gasteiger partial charge < -0.3 is 29.9 Å². The Bertz CT molecular complexity index is 480. The molecule has 2 unspecified atom stereocenters. The molecule has 0 aliphatic carbocycles. The first kappa shape index (κ1) is 17.0. The summed E-state index contributed by atoms with van der Waals surface area (Å²) < 4.78 is 11.6. The molecule has 5 atom stereocenters. The number of aromatic hydroxyl groups is 1. The zero-order valence-electron chi connectivity index (χ0n) is 13.0. The van der Waals surface area contributed by atoms with Crippen LogP contribution < -0.4 is 4.74 Å². The smallest absolute Gasteiger partial charge is 0.154 e. The van der Waals surface area contributed by atoms with Gasteiger partial charge in [-0.05, 0) is 29.7 Å². The third kappa shape index (κ3) is 3.52. The number of benzene rings is 1. The van der Waals surface area contributed by atoms with Crippen LogP contribution in [0.15, 0.2) is 24.3 Å². The number of hydrogen-bond donors (Lipinski definition) is 4. The van der Waals surface area contributed by atoms with Crippen LogP contribution in [0.1, 0.15) is 20.8 Å². The van der Waals surface area contributed by atoms with E-state index in [4.69, 9.17) is 9.47 Å². The fourth-order valence-electron chi connectivity index (χ4n) is 2.60. The molecule has 6 nitrogen and oxygen atoms in total. The predicted octanol–water partition coefficient (Wildman–Crippen LogP) is 0.667. The van der Waals surface area contributed by atoms with E-state index < -0.39 is 30.5 Å². The van der Waals surface area contributed by atoms with Gasteiger partial charge in [0.15, 0.2) is 6.10 Å². The maximum Gasteiger partial charge on any atom is 0.154 e. The van der Waals surface area contributed by atoms with Crippen LogP contribution in [-0.4, -0.2) is 57.6 Å². The summed E-state index contributed by atoms with van der Waals surface area (Å²) in [5.74, 6) is 0.565. The minimum atomic E-state index is -1.23. The molecule has 0 radical (unpaired) electrons. The van der Waals surface area contributed by atoms with Gasteiger partial charge in [0.05, 0.1) is 6.61 Å². The van der Waals surface area contributed by atoms with Gasteiger partial charge in [-0.15, -0.1) is 0 Å². The quantitative estimate of drug-likeness (QED) is 0.655. The number of hydrogen-bond acceptors (Lipinski definition) is 6. The molecule has 0 amide bonds. The molecule has 1 aromatic rings. The molecular formula is C16H24O6. The largest absolute Gasteiger partial charge is 0.508 e. The van der Waals surface area contributed by atoms with E-state index in [1.54, 1.807) is 12.1 Å². The van der Waals surface area contributed by atoms with Gasteiger partial charge in [-0.3, -0.25) is 0 Å². The molecule has 124 valence electrons. The maximum absolute atomic E-state index is 10.4. The van der Waals surface area contributed by atoms with Crippen molar-refractivity contribution in [2.75, 3.05) is 6.61 Å². The van der Waals surface area contributed by atoms with Crippen molar-refractivity contribution in [3.63, 3.8) is 0 Å². The van der Waals surface area contributed by atoms with Gasteiger partial charge >= 0.3 is 0 Å². The molecule has 0 spiro atoms. The third-order valence-corrected chi connectivity index (χ3v) is 3.83. The summed E-state index contributed by atoms with van der Waals surface area (Å²) >= 11 is 0. The van der Waals surface area contributed by atoms with Crippen molar-refractivity contribution in [3.05, 3.63) is 24.3 Å². The van der Waals surface area contributed by atoms with Crippen LogP contribution in [0.4, 0.5) is 0 Å². The topological polar surface area (TPSA) is 99.4 Å². The molecule has 1 heterocycles. The first-order chi connectivity index (χ1) is 10.2. The zero-order chi connectivity index (χ0) is 16.5. The number of aliphatic hydroxyl groups is 3. The van der Waals surface area contributed by atoms with Gasteiger partial charge in [0.1, 0.15) is 35.9 Å². The van der Waals surface area contributed by atoms with E-state index in [-0.39, 0.29) is 17.8 Å². The van der Waals surface area contributed by atoms with Crippen molar-refractivity contribution in [1.29, 1.82) is 0 Å². The van der Waals surface area contributed by atoms with Crippen molar-refractivity contribution >= 4 is 0 Å². The lowest BCUT2D eigenvalue weighted by molar-refractivity contribution is -0.244. The number of aliphatic hydroxyl groups excluding tert-OH is 3. The summed E-state index contributed by atoms with van der Waals surface area (Å²) in [5, 5.41) is 39.0. The number of phenols is 1. The summed E-state index contributed by atoms with van der Waals surface area (Å²) in [6.07, 6.45) is -4.58. The number of rotatable bonds is 3. The first-order valence-electron chi connectivity index (χ1n) is 7.32. The van der Waals surface area contributed by atoms with Crippen LogP contribution in [0.25, 0.3) is 0 Å². The zero-order valence-corrected chi connectivity index (χ0v) is 13.0. The molecular weight excluding hydrogens is 288 g/mol. The Hall–Kier alpha value is -1.34. The monoisotopic (exact) mass is 312 g/mol. The fraction of sp³-hybridized carbons (Fsp3) is 0.625. The highest BCUT2D eigenvalue weighted by Crippen LogP contribution is 2.35. The van der Waals surface area contributed by atoms with Gasteiger partial charge in [-0.2, -0.15) is 0 Å². The van der Waals surface area contributed by atoms with Gasteiger partial charge in [0, 0.05) is 0 Å². The average molecular weight is 312 g/mol. The van der Waals surface area contributed by atoms with Crippen LogP contribution in [-0.2, 0) is 4.74 Å². The Labute approximate surface area is 129 Å². The minimum absolute atomic E-state index is 0.112. The Morgan fingerprint density at radius 1 is 1.09 bits per heavy atom. The van der Waals surface area contributed by atoms with Crippen LogP contribution in [0, 0.1) is 5.41 Å². The van der Waals surface area contributed by atoms with Gasteiger partial charge in [0.2, 0.25) is 0 Å². The number of phenolic OH excluding ortho intramolecular Hbond substituents is 1. The highest BCUT2D eigenvalue weighted by Gasteiger charge is 2.49. The van der Waals surface area contributed by atoms with Crippen LogP contribution in [0.3, 0.4) is 0 Å². The van der Waals surface area contributed by atoms with Gasteiger partial charge in [-0.1, -0.05) is 20.8 Å². The molecule has 0 bridgehead atoms. The van der Waals surface area contributed by atoms with Crippen LogP contribution in [0.5, 0.6) is 11.5 Å². The van der Waals surface area contributed by atoms with Crippen molar-refractivity contribution in [2.45, 2.75) is 51.3 Å². The summed E-state index contributed by atoms with van der Waals surface area (Å²) in [5.41, 5.74) is -0.365. The second-order valence-corrected chi connectivity index (χ2v) is 6.70. The van der Waals surface area contributed by atoms with E-state index >= 15 is 0 Å². The molecule has 1 saturated heterocycles. The molecule has 1 aromatic carbocycles. The summed E-state index contributed by atoms with van der Waals surface area (Å²) in [4.78, 5) is 0. The summed E-state index contributed by atoms with van der Waals surface area (Å²) in [6, 6.07) is 6.10. The lowest BCUT2D eigenvalue weighted by Crippen LogP contribution is -2.63. The lowest BCUT2D eigenvalue weighted by atomic mass is 9.80. The van der Waals surface area contributed by atoms with Gasteiger partial charge in [0.25, 0.3) is 0 Å². The Balaban J connectivity index is 2.25. The normalized spacial score (nSPS) is 32.7. The highest BCUT2D eigenvalue weighted by molar-refractivity contribution is 5.30. The van der Waals surface area contributed by atoms with Crippen molar-refractivity contribution < 1.29 is 29.9 Å². The maximum atomic E-state index is 10.4. The van der Waals surface area contributed by atoms with E-state index in [1.165, 1.54) is 12.1 Å². The highest BCUT2D eigenvalue weighted by atomic mass is 16.6. The summed E-state index contributed by atoms with van der Waals surface area (Å²) in [7, 11) is 0. The second-order valence-electron chi connectivity index (χ2n) is 6.70. The molecule has 22 heavy (non-hydrogen) atoms. The Morgan fingerprint density at radius 2 is 1.68 bits per heavy atom. The SMILES string of the molecule is CC(C)(C)[C@H]1OC(CO)[C@@H](O)[C@H](O)C1Oc1ccc(O)cc1. The minimum Gasteiger partial charge on any atom is -0.508 e. The molecule has 2 rings (SSSR count). The Kier molecular flexibility index (Phi) is 4.97. The number of ether oxygens (including phenoxy) is 2. The lowest BCUT2D eigenvalue weighted by Gasteiger charge is -2.47. The average Bonchev–Trinajstić information content (AvgIpc) is 2.45. The standard InChI is InChI=1S/C16H24O6/c1-16(2,3)15-14(13(20)12(19)11(8-17)22-15)21-10-6-4-9(18)5-7-10/h4-7,11-15,17-20H,8H2,1-3H3/t11?,12-,13+,14?,15+/m1/s1. The first-order valence-corrected chi connectivity index (χ1v) is 7.32. The van der Waals surface area contributed by atoms with E-state index in [9.17, 15) is 20.4 Å². The molecule has 0 saturated carbocycles. The fourth-order valence-corrected chi connectivity index (χ4v) is 2.60. The van der Waals surface area contributed by atoms with Crippen LogP contribution >= 0.6 is 0 Å². The van der Waals surface area contributed by atoms with Crippen LogP contribution in [0.2, 0.25) is 0 Å². The van der Waals surface area contributed by atoms with E-state index in [0.717, 1.165) is 0 Å². The molecule has 1 aliphatic rings. The second kappa shape index (κ2) is 6.42. The molecule has 6 heteroatoms. The predicted molar refractivity (Wildman–Crippen MR) is 79.7 cm³/mol. The van der Waals surface area contributed by atoms with Gasteiger partial charge in [-0.25, -0.2) is 0 Å². The Morgan fingerprint density at radius 3 is 2.18 bits per heavy atom.